The highest BCUT2D eigenvalue weighted by atomic mass is 16.5. The summed E-state index contributed by atoms with van der Waals surface area (Å²) in [5.41, 5.74) is 0. The maximum atomic E-state index is 5.43. The third-order valence-electron chi connectivity index (χ3n) is 1.75. The zero-order valence-electron chi connectivity index (χ0n) is 6.10. The van der Waals surface area contributed by atoms with Gasteiger partial charge in [0.2, 0.25) is 0 Å². The molecule has 0 aromatic rings. The van der Waals surface area contributed by atoms with Gasteiger partial charge in [-0.15, -0.1) is 0 Å². The summed E-state index contributed by atoms with van der Waals surface area (Å²) >= 11 is 0. The number of hydrogen-bond acceptors (Lipinski definition) is 1. The molecule has 0 aromatic heterocycles. The largest absolute Gasteiger partial charge is 0.378 e. The van der Waals surface area contributed by atoms with E-state index in [-0.39, 0.29) is 0 Å². The van der Waals surface area contributed by atoms with Crippen LogP contribution in [0, 0.1) is 6.42 Å². The average Bonchev–Trinajstić information content (AvgIpc) is 1.91. The molecule has 1 saturated carbocycles. The molecule has 53 valence electrons. The fraction of sp³-hybridized carbons (Fsp3) is 0.875. The minimum Gasteiger partial charge on any atom is -0.378 e. The predicted octanol–water partition coefficient (Wildman–Crippen LogP) is 2.17. The summed E-state index contributed by atoms with van der Waals surface area (Å²) in [6.45, 7) is 2.92. The minimum absolute atomic E-state index is 0.476. The van der Waals surface area contributed by atoms with Crippen molar-refractivity contribution in [1.29, 1.82) is 0 Å². The highest BCUT2D eigenvalue weighted by Crippen LogP contribution is 2.18. The smallest absolute Gasteiger partial charge is 0.0606 e. The van der Waals surface area contributed by atoms with Crippen molar-refractivity contribution in [3.8, 4) is 0 Å². The van der Waals surface area contributed by atoms with Crippen molar-refractivity contribution in [2.75, 3.05) is 6.61 Å². The Balaban J connectivity index is 2.08. The van der Waals surface area contributed by atoms with Crippen LogP contribution in [0.2, 0.25) is 0 Å². The maximum absolute atomic E-state index is 5.43. The number of ether oxygens (including phenoxy) is 1. The zero-order chi connectivity index (χ0) is 6.53. The van der Waals surface area contributed by atoms with Crippen molar-refractivity contribution >= 4 is 0 Å². The molecule has 0 bridgehead atoms. The van der Waals surface area contributed by atoms with Gasteiger partial charge < -0.3 is 4.74 Å². The van der Waals surface area contributed by atoms with Crippen LogP contribution in [-0.4, -0.2) is 12.7 Å². The third kappa shape index (κ3) is 2.35. The van der Waals surface area contributed by atoms with Crippen molar-refractivity contribution in [3.05, 3.63) is 6.42 Å². The van der Waals surface area contributed by atoms with Gasteiger partial charge in [0.1, 0.15) is 0 Å². The Hall–Kier alpha value is -0.0400. The van der Waals surface area contributed by atoms with Gasteiger partial charge in [0.15, 0.2) is 0 Å². The first-order valence-corrected chi connectivity index (χ1v) is 3.88. The van der Waals surface area contributed by atoms with Crippen LogP contribution in [0.15, 0.2) is 0 Å². The molecule has 0 aliphatic heterocycles. The van der Waals surface area contributed by atoms with Gasteiger partial charge in [0.05, 0.1) is 6.10 Å². The molecule has 1 radical (unpaired) electrons. The summed E-state index contributed by atoms with van der Waals surface area (Å²) in [5.74, 6) is 0. The number of rotatable bonds is 2. The molecule has 1 aliphatic carbocycles. The summed E-state index contributed by atoms with van der Waals surface area (Å²) in [4.78, 5) is 0. The molecule has 1 fully saturated rings. The van der Waals surface area contributed by atoms with Crippen molar-refractivity contribution in [1.82, 2.24) is 0 Å². The van der Waals surface area contributed by atoms with Crippen molar-refractivity contribution in [2.45, 2.75) is 38.7 Å². The monoisotopic (exact) mass is 127 g/mol. The van der Waals surface area contributed by atoms with E-state index in [1.807, 2.05) is 0 Å². The molecule has 1 rings (SSSR count). The van der Waals surface area contributed by atoms with Crippen molar-refractivity contribution in [3.63, 3.8) is 0 Å². The highest BCUT2D eigenvalue weighted by Gasteiger charge is 2.12. The molecule has 1 heteroatoms. The standard InChI is InChI=1S/C8H15O/c1-2-9-8-6-4-3-5-7-8/h6,8H,2-5,7H2,1H3/t8-/m1/s1. The van der Waals surface area contributed by atoms with Gasteiger partial charge in [-0.2, -0.15) is 0 Å². The summed E-state index contributed by atoms with van der Waals surface area (Å²) in [6.07, 6.45) is 7.99. The van der Waals surface area contributed by atoms with Crippen LogP contribution in [0.4, 0.5) is 0 Å². The molecule has 0 unspecified atom stereocenters. The fourth-order valence-corrected chi connectivity index (χ4v) is 1.28. The molecular weight excluding hydrogens is 112 g/mol. The maximum Gasteiger partial charge on any atom is 0.0606 e. The Kier molecular flexibility index (Phi) is 3.05. The SMILES string of the molecule is CCO[C@@H]1[CH]CCCC1. The summed E-state index contributed by atoms with van der Waals surface area (Å²) < 4.78 is 5.43. The van der Waals surface area contributed by atoms with Gasteiger partial charge in [-0.1, -0.05) is 12.8 Å². The zero-order valence-corrected chi connectivity index (χ0v) is 6.10. The van der Waals surface area contributed by atoms with Crippen LogP contribution >= 0.6 is 0 Å². The van der Waals surface area contributed by atoms with Gasteiger partial charge in [-0.05, 0) is 26.2 Å². The van der Waals surface area contributed by atoms with Crippen LogP contribution < -0.4 is 0 Å². The lowest BCUT2D eigenvalue weighted by atomic mass is 9.98. The van der Waals surface area contributed by atoms with Gasteiger partial charge in [0.25, 0.3) is 0 Å². The van der Waals surface area contributed by atoms with Crippen LogP contribution in [0.5, 0.6) is 0 Å². The molecule has 0 amide bonds. The molecule has 1 atom stereocenters. The molecule has 0 spiro atoms. The van der Waals surface area contributed by atoms with Crippen molar-refractivity contribution < 1.29 is 4.74 Å². The van der Waals surface area contributed by atoms with Gasteiger partial charge >= 0.3 is 0 Å². The topological polar surface area (TPSA) is 9.23 Å². The Morgan fingerprint density at radius 3 is 3.00 bits per heavy atom. The molecule has 0 saturated heterocycles. The van der Waals surface area contributed by atoms with E-state index in [0.717, 1.165) is 6.61 Å². The second-order valence-corrected chi connectivity index (χ2v) is 2.51. The van der Waals surface area contributed by atoms with E-state index in [0.29, 0.717) is 6.10 Å². The van der Waals surface area contributed by atoms with Crippen molar-refractivity contribution in [2.24, 2.45) is 0 Å². The fourth-order valence-electron chi connectivity index (χ4n) is 1.28. The second kappa shape index (κ2) is 3.89. The Morgan fingerprint density at radius 1 is 1.56 bits per heavy atom. The average molecular weight is 127 g/mol. The van der Waals surface area contributed by atoms with E-state index in [2.05, 4.69) is 13.3 Å². The molecule has 1 aliphatic rings. The van der Waals surface area contributed by atoms with Gasteiger partial charge in [0, 0.05) is 6.61 Å². The quantitative estimate of drug-likeness (QED) is 0.552. The molecule has 0 heterocycles. The van der Waals surface area contributed by atoms with E-state index in [9.17, 15) is 0 Å². The summed E-state index contributed by atoms with van der Waals surface area (Å²) in [5, 5.41) is 0. The predicted molar refractivity (Wildman–Crippen MR) is 38.2 cm³/mol. The highest BCUT2D eigenvalue weighted by molar-refractivity contribution is 4.81. The van der Waals surface area contributed by atoms with E-state index < -0.39 is 0 Å². The molecule has 1 nitrogen and oxygen atoms in total. The Labute approximate surface area is 57.4 Å². The van der Waals surface area contributed by atoms with Crippen LogP contribution in [0.25, 0.3) is 0 Å². The van der Waals surface area contributed by atoms with Gasteiger partial charge in [-0.3, -0.25) is 0 Å². The van der Waals surface area contributed by atoms with E-state index in [1.54, 1.807) is 0 Å². The lowest BCUT2D eigenvalue weighted by Crippen LogP contribution is -2.16. The first-order chi connectivity index (χ1) is 4.43. The van der Waals surface area contributed by atoms with Crippen LogP contribution in [0.1, 0.15) is 32.6 Å². The Morgan fingerprint density at radius 2 is 2.44 bits per heavy atom. The molecule has 0 aromatic carbocycles. The van der Waals surface area contributed by atoms with E-state index >= 15 is 0 Å². The Bertz CT molecular complexity index is 62.2. The number of hydrogen-bond donors (Lipinski definition) is 0. The summed E-state index contributed by atoms with van der Waals surface area (Å²) in [7, 11) is 0. The third-order valence-corrected chi connectivity index (χ3v) is 1.75. The lowest BCUT2D eigenvalue weighted by Gasteiger charge is -2.20. The minimum atomic E-state index is 0.476. The second-order valence-electron chi connectivity index (χ2n) is 2.51. The first kappa shape index (κ1) is 7.07. The van der Waals surface area contributed by atoms with Crippen LogP contribution in [0.3, 0.4) is 0 Å². The molecular formula is C8H15O. The van der Waals surface area contributed by atoms with Gasteiger partial charge in [-0.25, -0.2) is 0 Å². The first-order valence-electron chi connectivity index (χ1n) is 3.88. The van der Waals surface area contributed by atoms with E-state index in [1.165, 1.54) is 25.7 Å². The van der Waals surface area contributed by atoms with Crippen LogP contribution in [-0.2, 0) is 4.74 Å². The summed E-state index contributed by atoms with van der Waals surface area (Å²) in [6, 6.07) is 0. The molecule has 0 N–H and O–H groups in total. The lowest BCUT2D eigenvalue weighted by molar-refractivity contribution is 0.0672. The molecule has 9 heavy (non-hydrogen) atoms. The normalized spacial score (nSPS) is 22.3. The van der Waals surface area contributed by atoms with E-state index in [4.69, 9.17) is 4.74 Å².